The van der Waals surface area contributed by atoms with Crippen LogP contribution in [0.3, 0.4) is 0 Å². The first kappa shape index (κ1) is 26.9. The van der Waals surface area contributed by atoms with Gasteiger partial charge in [0.15, 0.2) is 5.78 Å². The minimum atomic E-state index is -0.459. The maximum absolute atomic E-state index is 13.9. The number of hydrogen-bond donors (Lipinski definition) is 1. The van der Waals surface area contributed by atoms with Gasteiger partial charge in [-0.15, -0.1) is 0 Å². The standard InChI is InChI=1S/C34H36N4O3/c1-21-14-30(35-18-26(21)22-10-6-5-7-11-22)33(41)38-20-24-16-25(38)19-37(24)32(40)27(34(2,3)4)17-31(39)29-15-23-12-8-9-13-28(23)36-29/h5-15,18,24-25,27,36H,16-17,19-20H2,1-4H3/t24-,25-,27+/m0/s1. The number of Topliss-reactive ketones (excluding diaryl/α,β-unsaturated/α-hetero) is 1. The number of likely N-dealkylation sites (tertiary alicyclic amines) is 2. The largest absolute Gasteiger partial charge is 0.352 e. The van der Waals surface area contributed by atoms with Crippen molar-refractivity contribution in [2.75, 3.05) is 13.1 Å². The number of para-hydroxylation sites is 1. The summed E-state index contributed by atoms with van der Waals surface area (Å²) in [6, 6.07) is 21.5. The van der Waals surface area contributed by atoms with Gasteiger partial charge < -0.3 is 14.8 Å². The summed E-state index contributed by atoms with van der Waals surface area (Å²) < 4.78 is 0. The minimum Gasteiger partial charge on any atom is -0.352 e. The second kappa shape index (κ2) is 10.3. The summed E-state index contributed by atoms with van der Waals surface area (Å²) >= 11 is 0. The van der Waals surface area contributed by atoms with Crippen molar-refractivity contribution in [1.29, 1.82) is 0 Å². The molecule has 2 fully saturated rings. The Morgan fingerprint density at radius 2 is 1.63 bits per heavy atom. The molecule has 6 rings (SSSR count). The van der Waals surface area contributed by atoms with Gasteiger partial charge in [0.05, 0.1) is 23.7 Å². The van der Waals surface area contributed by atoms with Crippen molar-refractivity contribution in [2.24, 2.45) is 11.3 Å². The summed E-state index contributed by atoms with van der Waals surface area (Å²) in [5.41, 5.74) is 4.58. The fourth-order valence-corrected chi connectivity index (χ4v) is 6.41. The molecule has 41 heavy (non-hydrogen) atoms. The van der Waals surface area contributed by atoms with E-state index in [1.54, 1.807) is 6.20 Å². The third-order valence-corrected chi connectivity index (χ3v) is 8.76. The molecule has 0 aliphatic carbocycles. The highest BCUT2D eigenvalue weighted by Crippen LogP contribution is 2.38. The fourth-order valence-electron chi connectivity index (χ4n) is 6.41. The molecule has 2 aliphatic heterocycles. The van der Waals surface area contributed by atoms with Gasteiger partial charge in [-0.3, -0.25) is 19.4 Å². The molecule has 2 amide bonds. The lowest BCUT2D eigenvalue weighted by molar-refractivity contribution is -0.141. The van der Waals surface area contributed by atoms with E-state index in [4.69, 9.17) is 0 Å². The average Bonchev–Trinajstić information content (AvgIpc) is 3.69. The number of rotatable bonds is 6. The topological polar surface area (TPSA) is 86.4 Å². The van der Waals surface area contributed by atoms with E-state index < -0.39 is 11.3 Å². The van der Waals surface area contributed by atoms with Gasteiger partial charge in [0.2, 0.25) is 5.91 Å². The Labute approximate surface area is 240 Å². The molecular formula is C34H36N4O3. The van der Waals surface area contributed by atoms with Crippen molar-refractivity contribution in [3.05, 3.63) is 89.9 Å². The van der Waals surface area contributed by atoms with Gasteiger partial charge in [0.25, 0.3) is 5.91 Å². The number of nitrogens with zero attached hydrogens (tertiary/aromatic N) is 3. The monoisotopic (exact) mass is 548 g/mol. The number of carbonyl (C=O) groups is 3. The van der Waals surface area contributed by atoms with Gasteiger partial charge in [-0.2, -0.15) is 0 Å². The van der Waals surface area contributed by atoms with Crippen molar-refractivity contribution in [1.82, 2.24) is 19.8 Å². The second-order valence-electron chi connectivity index (χ2n) is 12.6. The molecule has 4 aromatic rings. The van der Waals surface area contributed by atoms with Crippen molar-refractivity contribution in [3.63, 3.8) is 0 Å². The van der Waals surface area contributed by atoms with Gasteiger partial charge in [0, 0.05) is 42.2 Å². The maximum Gasteiger partial charge on any atom is 0.272 e. The van der Waals surface area contributed by atoms with Crippen LogP contribution in [0.4, 0.5) is 0 Å². The van der Waals surface area contributed by atoms with Crippen molar-refractivity contribution < 1.29 is 14.4 Å². The van der Waals surface area contributed by atoms with E-state index in [0.717, 1.165) is 34.0 Å². The summed E-state index contributed by atoms with van der Waals surface area (Å²) in [4.78, 5) is 52.3. The molecule has 0 unspecified atom stereocenters. The number of benzene rings is 2. The van der Waals surface area contributed by atoms with Crippen molar-refractivity contribution in [3.8, 4) is 11.1 Å². The highest BCUT2D eigenvalue weighted by Gasteiger charge is 2.50. The lowest BCUT2D eigenvalue weighted by Crippen LogP contribution is -2.53. The summed E-state index contributed by atoms with van der Waals surface area (Å²) in [7, 11) is 0. The number of piperazine rings is 1. The van der Waals surface area contributed by atoms with Gasteiger partial charge in [0.1, 0.15) is 5.69 Å². The Morgan fingerprint density at radius 1 is 0.951 bits per heavy atom. The van der Waals surface area contributed by atoms with E-state index in [1.165, 1.54) is 0 Å². The Balaban J connectivity index is 1.14. The summed E-state index contributed by atoms with van der Waals surface area (Å²) in [5.74, 6) is -0.604. The van der Waals surface area contributed by atoms with Crippen LogP contribution >= 0.6 is 0 Å². The Morgan fingerprint density at radius 3 is 2.29 bits per heavy atom. The number of aromatic nitrogens is 2. The molecule has 3 atom stereocenters. The van der Waals surface area contributed by atoms with Crippen LogP contribution in [0.5, 0.6) is 0 Å². The molecule has 2 bridgehead atoms. The molecule has 0 spiro atoms. The Hall–Kier alpha value is -4.26. The smallest absolute Gasteiger partial charge is 0.272 e. The summed E-state index contributed by atoms with van der Waals surface area (Å²) in [6.45, 7) is 9.04. The molecular weight excluding hydrogens is 512 g/mol. The van der Waals surface area contributed by atoms with Gasteiger partial charge in [-0.1, -0.05) is 69.3 Å². The number of carbonyl (C=O) groups excluding carboxylic acids is 3. The minimum absolute atomic E-state index is 0.00254. The van der Waals surface area contributed by atoms with E-state index in [1.807, 2.05) is 104 Å². The summed E-state index contributed by atoms with van der Waals surface area (Å²) in [5, 5.41) is 0.982. The zero-order valence-electron chi connectivity index (χ0n) is 24.1. The van der Waals surface area contributed by atoms with Crippen LogP contribution in [0.2, 0.25) is 0 Å². The van der Waals surface area contributed by atoms with Gasteiger partial charge >= 0.3 is 0 Å². The molecule has 4 heterocycles. The van der Waals surface area contributed by atoms with Gasteiger partial charge in [-0.25, -0.2) is 0 Å². The molecule has 1 N–H and O–H groups in total. The molecule has 7 heteroatoms. The fraction of sp³-hybridized carbons (Fsp3) is 0.353. The first-order valence-electron chi connectivity index (χ1n) is 14.3. The third-order valence-electron chi connectivity index (χ3n) is 8.76. The first-order valence-corrected chi connectivity index (χ1v) is 14.3. The number of nitrogens with one attached hydrogen (secondary N) is 1. The number of fused-ring (bicyclic) bond motifs is 3. The maximum atomic E-state index is 13.9. The van der Waals surface area contributed by atoms with Crippen molar-refractivity contribution in [2.45, 2.75) is 52.6 Å². The number of aryl methyl sites for hydroxylation is 1. The number of hydrogen-bond acceptors (Lipinski definition) is 4. The van der Waals surface area contributed by atoms with E-state index >= 15 is 0 Å². The molecule has 210 valence electrons. The van der Waals surface area contributed by atoms with Crippen LogP contribution < -0.4 is 0 Å². The second-order valence-corrected chi connectivity index (χ2v) is 12.6. The number of H-pyrrole nitrogens is 1. The number of amides is 2. The van der Waals surface area contributed by atoms with Crippen molar-refractivity contribution >= 4 is 28.5 Å². The predicted molar refractivity (Wildman–Crippen MR) is 160 cm³/mol. The molecule has 0 saturated carbocycles. The molecule has 7 nitrogen and oxygen atoms in total. The zero-order valence-corrected chi connectivity index (χ0v) is 24.1. The lowest BCUT2D eigenvalue weighted by atomic mass is 9.76. The van der Waals surface area contributed by atoms with Crippen LogP contribution in [-0.4, -0.2) is 62.5 Å². The third kappa shape index (κ3) is 5.05. The van der Waals surface area contributed by atoms with Crippen LogP contribution in [-0.2, 0) is 4.79 Å². The number of pyridine rings is 1. The predicted octanol–water partition coefficient (Wildman–Crippen LogP) is 5.90. The first-order chi connectivity index (χ1) is 19.6. The molecule has 2 aliphatic rings. The quantitative estimate of drug-likeness (QED) is 0.304. The molecule has 0 radical (unpaired) electrons. The lowest BCUT2D eigenvalue weighted by Gasteiger charge is -2.39. The average molecular weight is 549 g/mol. The van der Waals surface area contributed by atoms with Crippen LogP contribution in [0.25, 0.3) is 22.0 Å². The van der Waals surface area contributed by atoms with Crippen LogP contribution in [0, 0.1) is 18.3 Å². The van der Waals surface area contributed by atoms with Crippen LogP contribution in [0.1, 0.15) is 60.2 Å². The Kier molecular flexibility index (Phi) is 6.76. The highest BCUT2D eigenvalue weighted by atomic mass is 16.2. The van der Waals surface area contributed by atoms with E-state index in [9.17, 15) is 14.4 Å². The normalized spacial score (nSPS) is 19.1. The molecule has 2 aromatic carbocycles. The van der Waals surface area contributed by atoms with Crippen LogP contribution in [0.15, 0.2) is 72.9 Å². The number of aromatic amines is 1. The zero-order chi connectivity index (χ0) is 28.9. The Bertz CT molecular complexity index is 1600. The number of ketones is 1. The molecule has 2 saturated heterocycles. The highest BCUT2D eigenvalue weighted by molar-refractivity contribution is 6.01. The van der Waals surface area contributed by atoms with E-state index in [-0.39, 0.29) is 36.1 Å². The van der Waals surface area contributed by atoms with E-state index in [2.05, 4.69) is 9.97 Å². The van der Waals surface area contributed by atoms with E-state index in [0.29, 0.717) is 24.5 Å². The van der Waals surface area contributed by atoms with Gasteiger partial charge in [-0.05, 0) is 48.1 Å². The molecule has 2 aromatic heterocycles. The SMILES string of the molecule is Cc1cc(C(=O)N2C[C@@H]3C[C@H]2CN3C(=O)[C@@H](CC(=O)c2cc3ccccc3[nH]2)C(C)(C)C)ncc1-c1ccccc1. The summed E-state index contributed by atoms with van der Waals surface area (Å²) in [6.07, 6.45) is 2.67.